The Hall–Kier alpha value is -2.34. The zero-order valence-corrected chi connectivity index (χ0v) is 16.8. The Bertz CT molecular complexity index is 877. The lowest BCUT2D eigenvalue weighted by molar-refractivity contribution is -0.303. The lowest BCUT2D eigenvalue weighted by Gasteiger charge is -2.44. The van der Waals surface area contributed by atoms with Crippen molar-refractivity contribution in [1.82, 2.24) is 0 Å². The van der Waals surface area contributed by atoms with Crippen molar-refractivity contribution in [2.24, 2.45) is 5.92 Å². The number of hydrogen-bond donors (Lipinski definition) is 1. The van der Waals surface area contributed by atoms with Crippen molar-refractivity contribution in [3.63, 3.8) is 0 Å². The minimum absolute atomic E-state index is 0.123. The summed E-state index contributed by atoms with van der Waals surface area (Å²) in [7, 11) is 0. The summed E-state index contributed by atoms with van der Waals surface area (Å²) in [6.07, 6.45) is -18.5. The average Bonchev–Trinajstić information content (AvgIpc) is 2.58. The number of carbonyl (C=O) groups excluding carboxylic acids is 1. The predicted molar refractivity (Wildman–Crippen MR) is 95.6 cm³/mol. The quantitative estimate of drug-likeness (QED) is 0.578. The molecule has 4 nitrogen and oxygen atoms in total. The van der Waals surface area contributed by atoms with Gasteiger partial charge in [-0.2, -0.15) is 39.5 Å². The molecule has 1 atom stereocenters. The van der Waals surface area contributed by atoms with Gasteiger partial charge in [0.2, 0.25) is 5.91 Å². The Morgan fingerprint density at radius 3 is 2.19 bits per heavy atom. The fourth-order valence-corrected chi connectivity index (χ4v) is 4.18. The van der Waals surface area contributed by atoms with E-state index in [0.29, 0.717) is 6.07 Å². The van der Waals surface area contributed by atoms with E-state index in [9.17, 15) is 44.3 Å². The molecule has 0 aromatic heterocycles. The van der Waals surface area contributed by atoms with Crippen LogP contribution in [0.5, 0.6) is 5.75 Å². The monoisotopic (exact) mass is 478 g/mol. The zero-order chi connectivity index (χ0) is 24.3. The van der Waals surface area contributed by atoms with E-state index in [1.807, 2.05) is 5.32 Å². The second-order valence-corrected chi connectivity index (χ2v) is 8.33. The first-order valence-corrected chi connectivity index (χ1v) is 9.54. The van der Waals surface area contributed by atoms with Crippen LogP contribution in [0.3, 0.4) is 0 Å². The Labute approximate surface area is 176 Å². The number of anilines is 2. The van der Waals surface area contributed by atoms with E-state index >= 15 is 0 Å². The van der Waals surface area contributed by atoms with Gasteiger partial charge in [0, 0.05) is 17.3 Å². The molecule has 1 N–H and O–H groups in total. The highest BCUT2D eigenvalue weighted by Gasteiger charge is 2.74. The predicted octanol–water partition coefficient (Wildman–Crippen LogP) is 5.57. The highest BCUT2D eigenvalue weighted by atomic mass is 19.4. The smallest absolute Gasteiger partial charge is 0.407 e. The number of nitrogens with one attached hydrogen (secondary N) is 1. The van der Waals surface area contributed by atoms with Gasteiger partial charge in [-0.3, -0.25) is 4.79 Å². The maximum Gasteiger partial charge on any atom is 0.407 e. The molecule has 3 rings (SSSR count). The summed E-state index contributed by atoms with van der Waals surface area (Å²) in [4.78, 5) is 12.5. The lowest BCUT2D eigenvalue weighted by Crippen LogP contribution is -2.58. The molecule has 2 aliphatic rings. The van der Waals surface area contributed by atoms with E-state index in [1.165, 1.54) is 0 Å². The third kappa shape index (κ3) is 4.17. The van der Waals surface area contributed by atoms with Gasteiger partial charge in [0.25, 0.3) is 0 Å². The van der Waals surface area contributed by atoms with Gasteiger partial charge in [0.1, 0.15) is 18.9 Å². The molecule has 32 heavy (non-hydrogen) atoms. The van der Waals surface area contributed by atoms with Crippen LogP contribution in [0.4, 0.5) is 50.9 Å². The number of fused-ring (bicyclic) bond motifs is 2. The Morgan fingerprint density at radius 2 is 1.69 bits per heavy atom. The molecule has 0 spiro atoms. The summed E-state index contributed by atoms with van der Waals surface area (Å²) in [5.74, 6) is -1.98. The highest BCUT2D eigenvalue weighted by Crippen LogP contribution is 2.59. The van der Waals surface area contributed by atoms with Crippen LogP contribution in [0, 0.1) is 5.92 Å². The Morgan fingerprint density at radius 1 is 1.09 bits per heavy atom. The van der Waals surface area contributed by atoms with Gasteiger partial charge in [-0.15, -0.1) is 0 Å². The van der Waals surface area contributed by atoms with Crippen LogP contribution in [0.15, 0.2) is 12.1 Å². The average molecular weight is 478 g/mol. The van der Waals surface area contributed by atoms with Crippen LogP contribution in [0.1, 0.15) is 32.3 Å². The molecule has 0 bridgehead atoms. The van der Waals surface area contributed by atoms with E-state index in [4.69, 9.17) is 4.74 Å². The lowest BCUT2D eigenvalue weighted by atomic mass is 9.72. The third-order valence-corrected chi connectivity index (χ3v) is 5.50. The highest BCUT2D eigenvalue weighted by molar-refractivity contribution is 5.97. The van der Waals surface area contributed by atoms with E-state index in [-0.39, 0.29) is 24.7 Å². The summed E-state index contributed by atoms with van der Waals surface area (Å²) in [5, 5.41) is 1.96. The van der Waals surface area contributed by atoms with Crippen LogP contribution < -0.4 is 15.0 Å². The van der Waals surface area contributed by atoms with Crippen LogP contribution in [0.25, 0.3) is 0 Å². The number of hydrogen-bond acceptors (Lipinski definition) is 3. The second-order valence-electron chi connectivity index (χ2n) is 8.33. The fourth-order valence-electron chi connectivity index (χ4n) is 4.18. The summed E-state index contributed by atoms with van der Waals surface area (Å²) in [6.45, 7) is 1.58. The molecule has 1 amide bonds. The van der Waals surface area contributed by atoms with Crippen molar-refractivity contribution in [2.45, 2.75) is 56.7 Å². The Balaban J connectivity index is 2.26. The molecule has 0 saturated heterocycles. The number of alkyl halides is 9. The first-order chi connectivity index (χ1) is 14.5. The number of benzene rings is 1. The van der Waals surface area contributed by atoms with E-state index in [0.717, 1.165) is 11.0 Å². The van der Waals surface area contributed by atoms with E-state index in [2.05, 4.69) is 0 Å². The molecular formula is C19H19F9N2O2. The number of halogens is 9. The van der Waals surface area contributed by atoms with Crippen molar-refractivity contribution >= 4 is 17.3 Å². The number of rotatable bonds is 3. The van der Waals surface area contributed by atoms with Crippen molar-refractivity contribution in [3.8, 4) is 5.75 Å². The number of amides is 1. The van der Waals surface area contributed by atoms with Crippen molar-refractivity contribution in [1.29, 1.82) is 0 Å². The molecule has 2 aliphatic heterocycles. The van der Waals surface area contributed by atoms with Crippen LogP contribution in [-0.4, -0.2) is 43.6 Å². The maximum atomic E-state index is 13.9. The van der Waals surface area contributed by atoms with Gasteiger partial charge < -0.3 is 15.0 Å². The summed E-state index contributed by atoms with van der Waals surface area (Å²) in [5.41, 5.74) is -7.27. The fraction of sp³-hybridized carbons (Fsp3) is 0.632. The topological polar surface area (TPSA) is 41.6 Å². The molecule has 0 radical (unpaired) electrons. The standard InChI is InChI=1S/C19H19F9N2O2/c1-9(2)3-10-7-32-14-5-12-11(4-13(14)30(10)8-17(20,21)22)16(18(23,24)25,19(26,27)28)6-15(31)29-12/h4-5,9-10H,3,6-8H2,1-2H3,(H,29,31)/t10-/m1/s1. The molecular weight excluding hydrogens is 459 g/mol. The molecule has 1 aromatic rings. The number of carbonyl (C=O) groups is 1. The van der Waals surface area contributed by atoms with Gasteiger partial charge in [-0.05, 0) is 18.4 Å². The van der Waals surface area contributed by atoms with Gasteiger partial charge in [-0.25, -0.2) is 0 Å². The van der Waals surface area contributed by atoms with Gasteiger partial charge in [-0.1, -0.05) is 13.8 Å². The van der Waals surface area contributed by atoms with Gasteiger partial charge in [0.15, 0.2) is 5.41 Å². The maximum absolute atomic E-state index is 13.9. The molecule has 2 heterocycles. The van der Waals surface area contributed by atoms with E-state index in [1.54, 1.807) is 13.8 Å². The second kappa shape index (κ2) is 7.62. The first kappa shape index (κ1) is 24.3. The van der Waals surface area contributed by atoms with Crippen molar-refractivity contribution < 1.29 is 49.0 Å². The molecule has 0 aliphatic carbocycles. The summed E-state index contributed by atoms with van der Waals surface area (Å²) in [6, 6.07) is 0.221. The molecule has 13 heteroatoms. The Kier molecular flexibility index (Phi) is 5.78. The van der Waals surface area contributed by atoms with E-state index < -0.39 is 65.8 Å². The third-order valence-electron chi connectivity index (χ3n) is 5.50. The first-order valence-electron chi connectivity index (χ1n) is 9.54. The minimum Gasteiger partial charge on any atom is -0.489 e. The number of ether oxygens (including phenoxy) is 1. The molecule has 0 unspecified atom stereocenters. The molecule has 1 aromatic carbocycles. The molecule has 0 fully saturated rings. The normalized spacial score (nSPS) is 21.1. The van der Waals surface area contributed by atoms with Crippen molar-refractivity contribution in [3.05, 3.63) is 17.7 Å². The van der Waals surface area contributed by atoms with Gasteiger partial charge in [0.05, 0.1) is 18.2 Å². The molecule has 0 saturated carbocycles. The summed E-state index contributed by atoms with van der Waals surface area (Å²) >= 11 is 0. The largest absolute Gasteiger partial charge is 0.489 e. The minimum atomic E-state index is -5.94. The SMILES string of the molecule is CC(C)C[C@@H]1COc2cc3c(cc2N1CC(F)(F)F)C(C(F)(F)F)(C(F)(F)F)CC(=O)N3. The summed E-state index contributed by atoms with van der Waals surface area (Å²) < 4.78 is 128. The van der Waals surface area contributed by atoms with Crippen LogP contribution in [-0.2, 0) is 10.2 Å². The van der Waals surface area contributed by atoms with Crippen LogP contribution in [0.2, 0.25) is 0 Å². The van der Waals surface area contributed by atoms with Crippen LogP contribution >= 0.6 is 0 Å². The number of nitrogens with zero attached hydrogens (tertiary/aromatic N) is 1. The zero-order valence-electron chi connectivity index (χ0n) is 16.8. The van der Waals surface area contributed by atoms with Gasteiger partial charge >= 0.3 is 18.5 Å². The van der Waals surface area contributed by atoms with Crippen molar-refractivity contribution in [2.75, 3.05) is 23.4 Å². The molecule has 180 valence electrons.